The van der Waals surface area contributed by atoms with Crippen molar-refractivity contribution in [3.63, 3.8) is 0 Å². The fourth-order valence-electron chi connectivity index (χ4n) is 19.4. The Morgan fingerprint density at radius 1 is 0.610 bits per heavy atom. The molecule has 8 aliphatic rings. The summed E-state index contributed by atoms with van der Waals surface area (Å²) in [6.07, 6.45) is 18.4. The molecule has 0 aromatic heterocycles. The van der Waals surface area contributed by atoms with E-state index < -0.39 is 12.1 Å². The highest BCUT2D eigenvalue weighted by atomic mass is 16.6. The van der Waals surface area contributed by atoms with E-state index in [9.17, 15) is 30.0 Å². The summed E-state index contributed by atoms with van der Waals surface area (Å²) in [5.41, 5.74) is 0.693. The van der Waals surface area contributed by atoms with E-state index >= 15 is 0 Å². The molecule has 0 aromatic carbocycles. The van der Waals surface area contributed by atoms with E-state index in [1.165, 1.54) is 32.1 Å². The molecule has 59 heavy (non-hydrogen) atoms. The average Bonchev–Trinajstić information content (AvgIpc) is 3.74. The molecule has 22 atom stereocenters. The first-order chi connectivity index (χ1) is 27.9. The van der Waals surface area contributed by atoms with Crippen LogP contribution >= 0.6 is 0 Å². The molecule has 0 aromatic rings. The standard InChI is InChI=1S/C52H86O7/c1-9-32-36-13-11-12-23-49(36,5)39-21-26-51(7)35(16-18-38(51)44(39)46(32)55)30(4)27-42(48(57)58)59-43(54)19-14-29(3)34-15-17-37-45-40(22-25-50(34,37)6)52(8)24-20-31(53)28-41(52)33(10-2)47(45)56/h29-42,44-47,53,55-56H,9-28H2,1-8H3,(H,57,58)/t29-,30-,31-,32-,33-,34-,35-,36+,37+,38+,39+,40+,41+,42?,44+,45+,46-,47-,49+,50-,51-,52-/m1/s1. The Kier molecular flexibility index (Phi) is 12.4. The molecular formula is C52H86O7. The summed E-state index contributed by atoms with van der Waals surface area (Å²) in [6.45, 7) is 19.0. The zero-order valence-corrected chi connectivity index (χ0v) is 38.5. The third kappa shape index (κ3) is 7.03. The lowest BCUT2D eigenvalue weighted by molar-refractivity contribution is -0.203. The highest BCUT2D eigenvalue weighted by molar-refractivity contribution is 5.78. The van der Waals surface area contributed by atoms with E-state index in [0.29, 0.717) is 89.3 Å². The highest BCUT2D eigenvalue weighted by Gasteiger charge is 2.66. The number of aliphatic hydroxyl groups excluding tert-OH is 3. The van der Waals surface area contributed by atoms with Gasteiger partial charge >= 0.3 is 11.9 Å². The first kappa shape index (κ1) is 44.4. The number of fused-ring (bicyclic) bond motifs is 10. The van der Waals surface area contributed by atoms with Gasteiger partial charge in [0, 0.05) is 6.42 Å². The van der Waals surface area contributed by atoms with Crippen molar-refractivity contribution in [1.29, 1.82) is 0 Å². The van der Waals surface area contributed by atoms with E-state index in [4.69, 9.17) is 4.74 Å². The first-order valence-corrected chi connectivity index (χ1v) is 25.4. The predicted molar refractivity (Wildman–Crippen MR) is 232 cm³/mol. The Morgan fingerprint density at radius 3 is 1.68 bits per heavy atom. The monoisotopic (exact) mass is 823 g/mol. The number of hydrogen-bond acceptors (Lipinski definition) is 6. The van der Waals surface area contributed by atoms with E-state index in [0.717, 1.165) is 77.0 Å². The van der Waals surface area contributed by atoms with Crippen molar-refractivity contribution in [2.45, 2.75) is 208 Å². The number of hydrogen-bond donors (Lipinski definition) is 4. The van der Waals surface area contributed by atoms with Crippen molar-refractivity contribution in [1.82, 2.24) is 0 Å². The second kappa shape index (κ2) is 16.4. The van der Waals surface area contributed by atoms with Crippen LogP contribution in [0, 0.1) is 105 Å². The summed E-state index contributed by atoms with van der Waals surface area (Å²) < 4.78 is 5.91. The molecule has 1 unspecified atom stereocenters. The molecule has 0 radical (unpaired) electrons. The van der Waals surface area contributed by atoms with Gasteiger partial charge < -0.3 is 25.2 Å². The summed E-state index contributed by atoms with van der Waals surface area (Å²) in [6, 6.07) is 0. The molecule has 0 amide bonds. The van der Waals surface area contributed by atoms with Gasteiger partial charge in [-0.1, -0.05) is 81.1 Å². The van der Waals surface area contributed by atoms with Gasteiger partial charge in [-0.25, -0.2) is 4.79 Å². The fourth-order valence-corrected chi connectivity index (χ4v) is 19.4. The lowest BCUT2D eigenvalue weighted by Gasteiger charge is -2.64. The number of carboxylic acid groups (broad SMARTS) is 1. The number of carboxylic acids is 1. The Bertz CT molecular complexity index is 1530. The van der Waals surface area contributed by atoms with Crippen LogP contribution in [0.1, 0.15) is 184 Å². The molecule has 0 aliphatic heterocycles. The van der Waals surface area contributed by atoms with E-state index in [1.807, 2.05) is 0 Å². The zero-order chi connectivity index (χ0) is 42.4. The van der Waals surface area contributed by atoms with Crippen molar-refractivity contribution in [3.8, 4) is 0 Å². The molecule has 0 heterocycles. The van der Waals surface area contributed by atoms with Gasteiger partial charge in [-0.3, -0.25) is 4.79 Å². The van der Waals surface area contributed by atoms with Crippen LogP contribution in [0.15, 0.2) is 0 Å². The summed E-state index contributed by atoms with van der Waals surface area (Å²) >= 11 is 0. The molecular weight excluding hydrogens is 737 g/mol. The summed E-state index contributed by atoms with van der Waals surface area (Å²) in [5, 5.41) is 45.3. The van der Waals surface area contributed by atoms with Crippen LogP contribution in [0.4, 0.5) is 0 Å². The van der Waals surface area contributed by atoms with Crippen LogP contribution < -0.4 is 0 Å². The molecule has 336 valence electrons. The number of carbonyl (C=O) groups excluding carboxylic acids is 1. The first-order valence-electron chi connectivity index (χ1n) is 25.4. The van der Waals surface area contributed by atoms with Gasteiger partial charge in [-0.2, -0.15) is 0 Å². The van der Waals surface area contributed by atoms with E-state index in [2.05, 4.69) is 55.4 Å². The largest absolute Gasteiger partial charge is 0.479 e. The third-order valence-corrected chi connectivity index (χ3v) is 22.2. The molecule has 0 spiro atoms. The normalized spacial score (nSPS) is 51.7. The van der Waals surface area contributed by atoms with Gasteiger partial charge in [0.2, 0.25) is 0 Å². The van der Waals surface area contributed by atoms with Gasteiger partial charge in [-0.05, 0) is 201 Å². The number of carbonyl (C=O) groups is 2. The van der Waals surface area contributed by atoms with Crippen LogP contribution in [0.5, 0.6) is 0 Å². The molecule has 8 rings (SSSR count). The van der Waals surface area contributed by atoms with E-state index in [-0.39, 0.29) is 58.8 Å². The molecule has 7 heteroatoms. The zero-order valence-electron chi connectivity index (χ0n) is 38.5. The summed E-state index contributed by atoms with van der Waals surface area (Å²) in [4.78, 5) is 26.3. The molecule has 4 N–H and O–H groups in total. The van der Waals surface area contributed by atoms with Crippen molar-refractivity contribution in [2.75, 3.05) is 0 Å². The lowest BCUT2D eigenvalue weighted by atomic mass is 9.41. The highest BCUT2D eigenvalue weighted by Crippen LogP contribution is 2.71. The van der Waals surface area contributed by atoms with Gasteiger partial charge in [0.25, 0.3) is 0 Å². The van der Waals surface area contributed by atoms with Crippen molar-refractivity contribution < 1.29 is 34.8 Å². The minimum absolute atomic E-state index is 0.0675. The SMILES string of the molecule is CC[C@H]1[C@@H](O)[C@@H]2[C@H](CC[C@]3(C)[C@@H]([C@H](C)CC(OC(=O)CC[C@@H](C)[C@H]4CC[C@H]5[C@@H]6[C@H](O)[C@H](CC)[C@@H]7C[C@H](O)CC[C@]7(C)[C@H]6CC[C@]45C)C(=O)O)CC[C@@H]23)[C@@]2(C)CCCC[C@@H]12. The number of ether oxygens (including phenoxy) is 1. The maximum absolute atomic E-state index is 13.6. The maximum Gasteiger partial charge on any atom is 0.345 e. The van der Waals surface area contributed by atoms with Gasteiger partial charge in [0.05, 0.1) is 18.3 Å². The topological polar surface area (TPSA) is 124 Å². The molecule has 0 saturated heterocycles. The Hall–Kier alpha value is -1.18. The molecule has 8 fully saturated rings. The minimum Gasteiger partial charge on any atom is -0.479 e. The second-order valence-corrected chi connectivity index (χ2v) is 24.1. The average molecular weight is 823 g/mol. The number of aliphatic hydroxyl groups is 3. The molecule has 0 bridgehead atoms. The van der Waals surface area contributed by atoms with Crippen LogP contribution in [-0.2, 0) is 14.3 Å². The number of rotatable bonds is 11. The molecule has 8 aliphatic carbocycles. The van der Waals surface area contributed by atoms with E-state index in [1.54, 1.807) is 0 Å². The number of aliphatic carboxylic acids is 1. The molecule has 7 nitrogen and oxygen atoms in total. The summed E-state index contributed by atoms with van der Waals surface area (Å²) in [7, 11) is 0. The molecule has 8 saturated carbocycles. The van der Waals surface area contributed by atoms with Gasteiger partial charge in [0.1, 0.15) is 0 Å². The minimum atomic E-state index is -1.13. The van der Waals surface area contributed by atoms with Gasteiger partial charge in [0.15, 0.2) is 6.10 Å². The van der Waals surface area contributed by atoms with Crippen LogP contribution in [0.3, 0.4) is 0 Å². The quantitative estimate of drug-likeness (QED) is 0.153. The lowest BCUT2D eigenvalue weighted by Crippen LogP contribution is -2.62. The summed E-state index contributed by atoms with van der Waals surface area (Å²) in [5.74, 6) is 4.15. The van der Waals surface area contributed by atoms with Crippen molar-refractivity contribution in [2.24, 2.45) is 105 Å². The maximum atomic E-state index is 13.6. The third-order valence-electron chi connectivity index (χ3n) is 22.2. The number of esters is 1. The Balaban J connectivity index is 0.882. The fraction of sp³-hybridized carbons (Fsp3) is 0.962. The van der Waals surface area contributed by atoms with Crippen LogP contribution in [0.25, 0.3) is 0 Å². The Labute approximate surface area is 358 Å². The van der Waals surface area contributed by atoms with Crippen molar-refractivity contribution >= 4 is 11.9 Å². The van der Waals surface area contributed by atoms with Crippen LogP contribution in [-0.4, -0.2) is 56.8 Å². The predicted octanol–water partition coefficient (Wildman–Crippen LogP) is 10.7. The van der Waals surface area contributed by atoms with Crippen LogP contribution in [0.2, 0.25) is 0 Å². The Morgan fingerprint density at radius 2 is 1.12 bits per heavy atom. The van der Waals surface area contributed by atoms with Crippen molar-refractivity contribution in [3.05, 3.63) is 0 Å². The smallest absolute Gasteiger partial charge is 0.345 e. The second-order valence-electron chi connectivity index (χ2n) is 24.1. The van der Waals surface area contributed by atoms with Gasteiger partial charge in [-0.15, -0.1) is 0 Å².